The Kier molecular flexibility index (Phi) is 5.65. The number of hydrogen-bond donors (Lipinski definition) is 1. The van der Waals surface area contributed by atoms with E-state index in [4.69, 9.17) is 4.74 Å². The number of fused-ring (bicyclic) bond motifs is 4. The molecule has 0 saturated carbocycles. The minimum absolute atomic E-state index is 0. The van der Waals surface area contributed by atoms with Gasteiger partial charge in [-0.15, -0.1) is 12.4 Å². The minimum Gasteiger partial charge on any atom is -0.503 e. The van der Waals surface area contributed by atoms with Crippen molar-refractivity contribution >= 4 is 28.3 Å². The second kappa shape index (κ2) is 7.62. The van der Waals surface area contributed by atoms with Gasteiger partial charge in [0.15, 0.2) is 11.5 Å². The molecule has 3 heterocycles. The maximum Gasteiger partial charge on any atom is 0.250 e. The number of piperidine rings is 1. The zero-order chi connectivity index (χ0) is 17.6. The summed E-state index contributed by atoms with van der Waals surface area (Å²) < 4.78 is 7.86. The highest BCUT2D eigenvalue weighted by Gasteiger charge is 2.34. The van der Waals surface area contributed by atoms with Crippen LogP contribution in [0.4, 0.5) is 0 Å². The third kappa shape index (κ3) is 3.50. The summed E-state index contributed by atoms with van der Waals surface area (Å²) in [6.07, 6.45) is 1.16. The van der Waals surface area contributed by atoms with Gasteiger partial charge in [0, 0.05) is 43.9 Å². The van der Waals surface area contributed by atoms with E-state index in [1.165, 1.54) is 0 Å². The van der Waals surface area contributed by atoms with Gasteiger partial charge in [-0.2, -0.15) is 0 Å². The first kappa shape index (κ1) is 19.3. The predicted molar refractivity (Wildman–Crippen MR) is 106 cm³/mol. The lowest BCUT2D eigenvalue weighted by atomic mass is 9.83. The molecule has 2 aliphatic heterocycles. The van der Waals surface area contributed by atoms with Crippen LogP contribution in [0.3, 0.4) is 0 Å². The standard InChI is InChI=1S/C19H21BrN2O3.ClH/c1-25-17-7-12(6-15(20)19(17)24)8-21-9-13-5-14(11-21)16-3-2-4-18(23)22(16)10-13;/h2-4,6-7,13-14,24H,5,8-11H2,1H3;1H. The lowest BCUT2D eigenvalue weighted by Gasteiger charge is -2.42. The molecule has 4 rings (SSSR count). The maximum atomic E-state index is 12.1. The first-order valence-electron chi connectivity index (χ1n) is 8.52. The number of ether oxygens (including phenoxy) is 1. The topological polar surface area (TPSA) is 54.7 Å². The van der Waals surface area contributed by atoms with E-state index >= 15 is 0 Å². The normalized spacial score (nSPS) is 21.6. The third-order valence-corrected chi connectivity index (χ3v) is 5.87. The van der Waals surface area contributed by atoms with E-state index in [1.54, 1.807) is 13.2 Å². The summed E-state index contributed by atoms with van der Waals surface area (Å²) in [6, 6.07) is 9.45. The molecule has 0 aliphatic carbocycles. The van der Waals surface area contributed by atoms with Crippen molar-refractivity contribution in [2.75, 3.05) is 20.2 Å². The SMILES string of the molecule is COc1cc(CN2CC3CC(C2)c2cccc(=O)n2C3)cc(Br)c1O.Cl. The summed E-state index contributed by atoms with van der Waals surface area (Å²) in [6.45, 7) is 3.54. The molecule has 0 amide bonds. The van der Waals surface area contributed by atoms with E-state index in [0.29, 0.717) is 22.1 Å². The number of halogens is 2. The highest BCUT2D eigenvalue weighted by molar-refractivity contribution is 9.10. The van der Waals surface area contributed by atoms with Crippen LogP contribution >= 0.6 is 28.3 Å². The molecule has 1 saturated heterocycles. The number of aromatic hydroxyl groups is 1. The van der Waals surface area contributed by atoms with E-state index in [9.17, 15) is 9.90 Å². The number of benzene rings is 1. The Hall–Kier alpha value is -1.50. The summed E-state index contributed by atoms with van der Waals surface area (Å²) in [5, 5.41) is 9.98. The van der Waals surface area contributed by atoms with E-state index < -0.39 is 0 Å². The maximum absolute atomic E-state index is 12.1. The lowest BCUT2D eigenvalue weighted by Crippen LogP contribution is -2.46. The molecular formula is C19H22BrClN2O3. The van der Waals surface area contributed by atoms with Crippen molar-refractivity contribution in [3.8, 4) is 11.5 Å². The number of rotatable bonds is 3. The van der Waals surface area contributed by atoms with Gasteiger partial charge in [0.1, 0.15) is 0 Å². The van der Waals surface area contributed by atoms with Crippen LogP contribution in [0.15, 0.2) is 39.6 Å². The highest BCUT2D eigenvalue weighted by Crippen LogP contribution is 2.38. The molecule has 1 fully saturated rings. The van der Waals surface area contributed by atoms with E-state index in [0.717, 1.165) is 43.9 Å². The molecular weight excluding hydrogens is 420 g/mol. The summed E-state index contributed by atoms with van der Waals surface area (Å²) in [5.41, 5.74) is 2.39. The van der Waals surface area contributed by atoms with Crippen LogP contribution in [-0.4, -0.2) is 34.8 Å². The third-order valence-electron chi connectivity index (χ3n) is 5.27. The first-order chi connectivity index (χ1) is 12.0. The zero-order valence-corrected chi connectivity index (χ0v) is 16.9. The van der Waals surface area contributed by atoms with Gasteiger partial charge in [0.05, 0.1) is 11.6 Å². The minimum atomic E-state index is 0. The molecule has 2 unspecified atom stereocenters. The molecule has 7 heteroatoms. The quantitative estimate of drug-likeness (QED) is 0.793. The first-order valence-corrected chi connectivity index (χ1v) is 9.32. The molecule has 140 valence electrons. The number of phenols is 1. The summed E-state index contributed by atoms with van der Waals surface area (Å²) in [7, 11) is 1.56. The smallest absolute Gasteiger partial charge is 0.250 e. The molecule has 1 aromatic carbocycles. The van der Waals surface area contributed by atoms with Crippen LogP contribution in [0.1, 0.15) is 23.6 Å². The van der Waals surface area contributed by atoms with Crippen molar-refractivity contribution in [3.63, 3.8) is 0 Å². The molecule has 1 N–H and O–H groups in total. The van der Waals surface area contributed by atoms with Crippen molar-refractivity contribution in [3.05, 3.63) is 56.4 Å². The molecule has 2 atom stereocenters. The zero-order valence-electron chi connectivity index (χ0n) is 14.5. The van der Waals surface area contributed by atoms with Crippen molar-refractivity contribution < 1.29 is 9.84 Å². The van der Waals surface area contributed by atoms with Crippen molar-refractivity contribution in [1.82, 2.24) is 9.47 Å². The fourth-order valence-corrected chi connectivity index (χ4v) is 4.75. The number of pyridine rings is 1. The van der Waals surface area contributed by atoms with Crippen LogP contribution in [0, 0.1) is 5.92 Å². The van der Waals surface area contributed by atoms with Gasteiger partial charge >= 0.3 is 0 Å². The van der Waals surface area contributed by atoms with Gasteiger partial charge in [-0.05, 0) is 52.0 Å². The van der Waals surface area contributed by atoms with Crippen molar-refractivity contribution in [2.45, 2.75) is 25.4 Å². The lowest BCUT2D eigenvalue weighted by molar-refractivity contribution is 0.114. The average Bonchev–Trinajstić information content (AvgIpc) is 2.59. The Morgan fingerprint density at radius 2 is 2.08 bits per heavy atom. The van der Waals surface area contributed by atoms with Crippen LogP contribution < -0.4 is 10.3 Å². The van der Waals surface area contributed by atoms with Gasteiger partial charge in [0.25, 0.3) is 5.56 Å². The molecule has 26 heavy (non-hydrogen) atoms. The van der Waals surface area contributed by atoms with E-state index in [2.05, 4.69) is 26.9 Å². The van der Waals surface area contributed by atoms with Crippen LogP contribution in [0.5, 0.6) is 11.5 Å². The van der Waals surface area contributed by atoms with Crippen molar-refractivity contribution in [2.24, 2.45) is 5.92 Å². The van der Waals surface area contributed by atoms with Crippen LogP contribution in [-0.2, 0) is 13.1 Å². The monoisotopic (exact) mass is 440 g/mol. The molecule has 2 aromatic rings. The number of hydrogen-bond acceptors (Lipinski definition) is 4. The largest absolute Gasteiger partial charge is 0.503 e. The fourth-order valence-electron chi connectivity index (χ4n) is 4.26. The Labute approximate surface area is 167 Å². The average molecular weight is 442 g/mol. The second-order valence-corrected chi connectivity index (χ2v) is 7.88. The number of aromatic nitrogens is 1. The number of phenolic OH excluding ortho intramolecular Hbond substituents is 1. The summed E-state index contributed by atoms with van der Waals surface area (Å²) >= 11 is 3.39. The van der Waals surface area contributed by atoms with Gasteiger partial charge in [-0.1, -0.05) is 6.07 Å². The molecule has 0 radical (unpaired) electrons. The van der Waals surface area contributed by atoms with Crippen molar-refractivity contribution in [1.29, 1.82) is 0 Å². The number of methoxy groups -OCH3 is 1. The van der Waals surface area contributed by atoms with Gasteiger partial charge in [-0.25, -0.2) is 0 Å². The van der Waals surface area contributed by atoms with Gasteiger partial charge in [-0.3, -0.25) is 9.69 Å². The summed E-state index contributed by atoms with van der Waals surface area (Å²) in [4.78, 5) is 14.6. The molecule has 1 aromatic heterocycles. The van der Waals surface area contributed by atoms with Crippen LogP contribution in [0.2, 0.25) is 0 Å². The number of likely N-dealkylation sites (tertiary alicyclic amines) is 1. The van der Waals surface area contributed by atoms with Crippen LogP contribution in [0.25, 0.3) is 0 Å². The Balaban J connectivity index is 0.00000196. The predicted octanol–water partition coefficient (Wildman–Crippen LogP) is 3.37. The Morgan fingerprint density at radius 1 is 1.27 bits per heavy atom. The summed E-state index contributed by atoms with van der Waals surface area (Å²) in [5.74, 6) is 1.53. The van der Waals surface area contributed by atoms with Gasteiger partial charge < -0.3 is 14.4 Å². The van der Waals surface area contributed by atoms with E-state index in [1.807, 2.05) is 22.8 Å². The second-order valence-electron chi connectivity index (χ2n) is 7.02. The highest BCUT2D eigenvalue weighted by atomic mass is 79.9. The van der Waals surface area contributed by atoms with E-state index in [-0.39, 0.29) is 23.7 Å². The molecule has 2 aliphatic rings. The fraction of sp³-hybridized carbons (Fsp3) is 0.421. The molecule has 5 nitrogen and oxygen atoms in total. The molecule has 2 bridgehead atoms. The Bertz CT molecular complexity index is 870. The number of nitrogens with zero attached hydrogens (tertiary/aromatic N) is 2. The Morgan fingerprint density at radius 3 is 2.85 bits per heavy atom. The molecule has 0 spiro atoms. The van der Waals surface area contributed by atoms with Gasteiger partial charge in [0.2, 0.25) is 0 Å².